The second-order valence-corrected chi connectivity index (χ2v) is 7.41. The van der Waals surface area contributed by atoms with Crippen LogP contribution in [0.15, 0.2) is 47.5 Å². The first-order valence-corrected chi connectivity index (χ1v) is 9.07. The molecule has 0 saturated heterocycles. The first-order chi connectivity index (χ1) is 11.6. The maximum atomic E-state index is 12.6. The average Bonchev–Trinajstić information content (AvgIpc) is 3.34. The van der Waals surface area contributed by atoms with E-state index in [1.807, 2.05) is 6.07 Å². The minimum atomic E-state index is -3.72. The number of methoxy groups -OCH3 is 1. The molecule has 2 aromatic heterocycles. The summed E-state index contributed by atoms with van der Waals surface area (Å²) in [6.45, 7) is 0. The Bertz CT molecular complexity index is 992. The Morgan fingerprint density at radius 1 is 1.21 bits per heavy atom. The van der Waals surface area contributed by atoms with Crippen LogP contribution in [0.25, 0.3) is 5.65 Å². The molecule has 0 bridgehead atoms. The molecular weight excluding hydrogens is 328 g/mol. The molecular formula is C16H16N4O3S. The summed E-state index contributed by atoms with van der Waals surface area (Å²) in [5, 5.41) is 4.49. The monoisotopic (exact) mass is 344 g/mol. The van der Waals surface area contributed by atoms with E-state index in [-0.39, 0.29) is 4.90 Å². The van der Waals surface area contributed by atoms with Crippen molar-refractivity contribution in [3.05, 3.63) is 48.3 Å². The Morgan fingerprint density at radius 3 is 2.62 bits per heavy atom. The van der Waals surface area contributed by atoms with E-state index in [0.29, 0.717) is 23.1 Å². The van der Waals surface area contributed by atoms with Crippen LogP contribution in [0.3, 0.4) is 0 Å². The van der Waals surface area contributed by atoms with Crippen LogP contribution in [-0.2, 0) is 10.0 Å². The van der Waals surface area contributed by atoms with Gasteiger partial charge in [0.2, 0.25) is 0 Å². The zero-order chi connectivity index (χ0) is 16.7. The lowest BCUT2D eigenvalue weighted by molar-refractivity contribution is 0.414. The summed E-state index contributed by atoms with van der Waals surface area (Å²) < 4.78 is 34.3. The maximum absolute atomic E-state index is 12.6. The van der Waals surface area contributed by atoms with Crippen molar-refractivity contribution in [1.82, 2.24) is 14.6 Å². The van der Waals surface area contributed by atoms with Crippen LogP contribution >= 0.6 is 0 Å². The molecule has 1 fully saturated rings. The van der Waals surface area contributed by atoms with Crippen LogP contribution in [0.1, 0.15) is 24.5 Å². The van der Waals surface area contributed by atoms with E-state index in [9.17, 15) is 8.42 Å². The standard InChI is InChI=1S/C16H16N4O3S/c1-23-12-4-6-13(7-5-12)24(21,22)19-15-8-9-17-16-10-14(11-2-3-11)18-20(15)16/h4-11,19H,2-3H2,1H3. The van der Waals surface area contributed by atoms with Gasteiger partial charge in [0, 0.05) is 18.2 Å². The molecule has 1 aliphatic carbocycles. The molecule has 0 spiro atoms. The number of ether oxygens (including phenoxy) is 1. The van der Waals surface area contributed by atoms with E-state index in [2.05, 4.69) is 14.8 Å². The van der Waals surface area contributed by atoms with Crippen LogP contribution < -0.4 is 9.46 Å². The van der Waals surface area contributed by atoms with Crippen LogP contribution in [0.5, 0.6) is 5.75 Å². The highest BCUT2D eigenvalue weighted by atomic mass is 32.2. The van der Waals surface area contributed by atoms with E-state index in [0.717, 1.165) is 18.5 Å². The fraction of sp³-hybridized carbons (Fsp3) is 0.250. The molecule has 0 amide bonds. The largest absolute Gasteiger partial charge is 0.497 e. The minimum Gasteiger partial charge on any atom is -0.497 e. The number of nitrogens with zero attached hydrogens (tertiary/aromatic N) is 3. The van der Waals surface area contributed by atoms with Crippen LogP contribution in [-0.4, -0.2) is 30.1 Å². The molecule has 2 heterocycles. The third kappa shape index (κ3) is 2.69. The zero-order valence-corrected chi connectivity index (χ0v) is 13.8. The summed E-state index contributed by atoms with van der Waals surface area (Å²) >= 11 is 0. The molecule has 0 aliphatic heterocycles. The molecule has 0 unspecified atom stereocenters. The van der Waals surface area contributed by atoms with Crippen LogP contribution in [0.2, 0.25) is 0 Å². The minimum absolute atomic E-state index is 0.155. The molecule has 1 N–H and O–H groups in total. The Balaban J connectivity index is 1.69. The summed E-state index contributed by atoms with van der Waals surface area (Å²) in [5.74, 6) is 1.43. The molecule has 0 radical (unpaired) electrons. The first-order valence-electron chi connectivity index (χ1n) is 7.58. The number of aromatic nitrogens is 3. The number of rotatable bonds is 5. The topological polar surface area (TPSA) is 85.6 Å². The SMILES string of the molecule is COc1ccc(S(=O)(=O)Nc2ccnc3cc(C4CC4)nn23)cc1. The quantitative estimate of drug-likeness (QED) is 0.768. The molecule has 0 atom stereocenters. The third-order valence-electron chi connectivity index (χ3n) is 3.98. The first kappa shape index (κ1) is 14.9. The van der Waals surface area contributed by atoms with E-state index in [1.54, 1.807) is 24.4 Å². The van der Waals surface area contributed by atoms with Crippen molar-refractivity contribution >= 4 is 21.5 Å². The van der Waals surface area contributed by atoms with E-state index in [4.69, 9.17) is 4.74 Å². The molecule has 24 heavy (non-hydrogen) atoms. The second-order valence-electron chi connectivity index (χ2n) is 5.72. The number of fused-ring (bicyclic) bond motifs is 1. The molecule has 3 aromatic rings. The Morgan fingerprint density at radius 2 is 1.96 bits per heavy atom. The van der Waals surface area contributed by atoms with Crippen molar-refractivity contribution in [2.24, 2.45) is 0 Å². The van der Waals surface area contributed by atoms with Gasteiger partial charge in [-0.3, -0.25) is 4.72 Å². The lowest BCUT2D eigenvalue weighted by Crippen LogP contribution is -2.15. The lowest BCUT2D eigenvalue weighted by atomic mass is 10.3. The van der Waals surface area contributed by atoms with Gasteiger partial charge < -0.3 is 4.74 Å². The Labute approximate surface area is 139 Å². The number of sulfonamides is 1. The molecule has 124 valence electrons. The van der Waals surface area contributed by atoms with Gasteiger partial charge in [0.1, 0.15) is 11.6 Å². The van der Waals surface area contributed by atoms with Crippen molar-refractivity contribution in [3.8, 4) is 5.75 Å². The summed E-state index contributed by atoms with van der Waals surface area (Å²) in [4.78, 5) is 4.40. The predicted molar refractivity (Wildman–Crippen MR) is 88.8 cm³/mol. The van der Waals surface area contributed by atoms with Gasteiger partial charge in [-0.15, -0.1) is 0 Å². The third-order valence-corrected chi connectivity index (χ3v) is 5.35. The highest BCUT2D eigenvalue weighted by molar-refractivity contribution is 7.92. The van der Waals surface area contributed by atoms with Gasteiger partial charge >= 0.3 is 0 Å². The van der Waals surface area contributed by atoms with Crippen molar-refractivity contribution in [3.63, 3.8) is 0 Å². The fourth-order valence-electron chi connectivity index (χ4n) is 2.52. The van der Waals surface area contributed by atoms with Crippen LogP contribution in [0.4, 0.5) is 5.82 Å². The van der Waals surface area contributed by atoms with Crippen molar-refractivity contribution < 1.29 is 13.2 Å². The summed E-state index contributed by atoms with van der Waals surface area (Å²) in [6, 6.07) is 9.71. The lowest BCUT2D eigenvalue weighted by Gasteiger charge is -2.09. The van der Waals surface area contributed by atoms with Gasteiger partial charge in [0.25, 0.3) is 10.0 Å². The predicted octanol–water partition coefficient (Wildman–Crippen LogP) is 2.42. The van der Waals surface area contributed by atoms with Crippen LogP contribution in [0, 0.1) is 0 Å². The summed E-state index contributed by atoms with van der Waals surface area (Å²) in [5.41, 5.74) is 1.59. The van der Waals surface area contributed by atoms with Gasteiger partial charge in [-0.25, -0.2) is 13.4 Å². The van der Waals surface area contributed by atoms with Crippen molar-refractivity contribution in [1.29, 1.82) is 0 Å². The smallest absolute Gasteiger partial charge is 0.263 e. The van der Waals surface area contributed by atoms with E-state index >= 15 is 0 Å². The summed E-state index contributed by atoms with van der Waals surface area (Å²) in [6.07, 6.45) is 3.81. The molecule has 4 rings (SSSR count). The molecule has 1 saturated carbocycles. The Kier molecular flexibility index (Phi) is 3.42. The summed E-state index contributed by atoms with van der Waals surface area (Å²) in [7, 11) is -2.19. The van der Waals surface area contributed by atoms with Gasteiger partial charge in [0.15, 0.2) is 5.65 Å². The van der Waals surface area contributed by atoms with Gasteiger partial charge in [-0.05, 0) is 43.2 Å². The van der Waals surface area contributed by atoms with Crippen molar-refractivity contribution in [2.45, 2.75) is 23.7 Å². The van der Waals surface area contributed by atoms with Gasteiger partial charge in [0.05, 0.1) is 17.7 Å². The number of nitrogens with one attached hydrogen (secondary N) is 1. The van der Waals surface area contributed by atoms with E-state index < -0.39 is 10.0 Å². The maximum Gasteiger partial charge on any atom is 0.263 e. The average molecular weight is 344 g/mol. The highest BCUT2D eigenvalue weighted by Gasteiger charge is 2.27. The number of anilines is 1. The molecule has 1 aliphatic rings. The Hall–Kier alpha value is -2.61. The van der Waals surface area contributed by atoms with Gasteiger partial charge in [-0.1, -0.05) is 0 Å². The zero-order valence-electron chi connectivity index (χ0n) is 13.0. The number of hydrogen-bond donors (Lipinski definition) is 1. The number of hydrogen-bond acceptors (Lipinski definition) is 5. The molecule has 1 aromatic carbocycles. The fourth-order valence-corrected chi connectivity index (χ4v) is 3.56. The van der Waals surface area contributed by atoms with E-state index in [1.165, 1.54) is 23.8 Å². The van der Waals surface area contributed by atoms with Gasteiger partial charge in [-0.2, -0.15) is 9.61 Å². The number of benzene rings is 1. The molecule has 7 nitrogen and oxygen atoms in total. The highest BCUT2D eigenvalue weighted by Crippen LogP contribution is 2.39. The molecule has 8 heteroatoms. The normalized spacial score (nSPS) is 14.7. The van der Waals surface area contributed by atoms with Crippen molar-refractivity contribution in [2.75, 3.05) is 11.8 Å². The second kappa shape index (κ2) is 5.48.